The van der Waals surface area contributed by atoms with Gasteiger partial charge in [0.15, 0.2) is 0 Å². The highest BCUT2D eigenvalue weighted by molar-refractivity contribution is 5.31. The Hall–Kier alpha value is -1.67. The maximum absolute atomic E-state index is 13.8. The Labute approximate surface area is 113 Å². The molecule has 0 aromatic heterocycles. The minimum absolute atomic E-state index is 0.00953. The Bertz CT molecular complexity index is 547. The van der Waals surface area contributed by atoms with Gasteiger partial charge in [0.1, 0.15) is 5.82 Å². The minimum atomic E-state index is -0.462. The van der Waals surface area contributed by atoms with Crippen LogP contribution in [0, 0.1) is 12.7 Å². The fraction of sp³-hybridized carbons (Fsp3) is 0.294. The van der Waals surface area contributed by atoms with Crippen molar-refractivity contribution in [1.29, 1.82) is 0 Å². The molecule has 2 aromatic carbocycles. The third-order valence-corrected chi connectivity index (χ3v) is 3.64. The summed E-state index contributed by atoms with van der Waals surface area (Å²) in [4.78, 5) is 0. The van der Waals surface area contributed by atoms with E-state index in [9.17, 15) is 9.50 Å². The van der Waals surface area contributed by atoms with Crippen molar-refractivity contribution in [2.24, 2.45) is 0 Å². The summed E-state index contributed by atoms with van der Waals surface area (Å²) in [6, 6.07) is 14.8. The summed E-state index contributed by atoms with van der Waals surface area (Å²) in [5.74, 6) is -0.214. The van der Waals surface area contributed by atoms with Crippen LogP contribution in [0.25, 0.3) is 0 Å². The molecule has 1 nitrogen and oxygen atoms in total. The van der Waals surface area contributed by atoms with Crippen LogP contribution in [0.1, 0.15) is 23.6 Å². The van der Waals surface area contributed by atoms with E-state index < -0.39 is 5.41 Å². The second-order valence-corrected chi connectivity index (χ2v) is 5.35. The average Bonchev–Trinajstić information content (AvgIpc) is 2.42. The van der Waals surface area contributed by atoms with Gasteiger partial charge in [0.2, 0.25) is 0 Å². The van der Waals surface area contributed by atoms with Crippen LogP contribution in [0.5, 0.6) is 0 Å². The molecule has 0 aliphatic rings. The van der Waals surface area contributed by atoms with Crippen LogP contribution in [0.3, 0.4) is 0 Å². The minimum Gasteiger partial charge on any atom is -0.395 e. The molecule has 0 amide bonds. The highest BCUT2D eigenvalue weighted by Crippen LogP contribution is 2.29. The summed E-state index contributed by atoms with van der Waals surface area (Å²) in [7, 11) is 0. The number of aryl methyl sites for hydroxylation is 1. The Kier molecular flexibility index (Phi) is 4.01. The van der Waals surface area contributed by atoms with Crippen molar-refractivity contribution in [2.75, 3.05) is 6.61 Å². The molecule has 0 aliphatic heterocycles. The van der Waals surface area contributed by atoms with Crippen LogP contribution >= 0.6 is 0 Å². The largest absolute Gasteiger partial charge is 0.395 e. The first-order valence-electron chi connectivity index (χ1n) is 6.46. The third-order valence-electron chi connectivity index (χ3n) is 3.64. The van der Waals surface area contributed by atoms with E-state index in [1.807, 2.05) is 44.2 Å². The van der Waals surface area contributed by atoms with Gasteiger partial charge in [-0.2, -0.15) is 0 Å². The second-order valence-electron chi connectivity index (χ2n) is 5.35. The van der Waals surface area contributed by atoms with Crippen molar-refractivity contribution in [1.82, 2.24) is 0 Å². The fourth-order valence-electron chi connectivity index (χ4n) is 2.27. The number of aliphatic hydroxyl groups excluding tert-OH is 1. The lowest BCUT2D eigenvalue weighted by Gasteiger charge is -2.28. The first-order valence-corrected chi connectivity index (χ1v) is 6.46. The quantitative estimate of drug-likeness (QED) is 0.888. The zero-order valence-electron chi connectivity index (χ0n) is 11.4. The Morgan fingerprint density at radius 1 is 1.05 bits per heavy atom. The Morgan fingerprint density at radius 3 is 2.26 bits per heavy atom. The molecule has 0 bridgehead atoms. The molecular weight excluding hydrogens is 239 g/mol. The molecule has 2 heteroatoms. The fourth-order valence-corrected chi connectivity index (χ4v) is 2.27. The van der Waals surface area contributed by atoms with Crippen molar-refractivity contribution in [3.05, 3.63) is 71.0 Å². The number of benzene rings is 2. The van der Waals surface area contributed by atoms with Gasteiger partial charge in [-0.1, -0.05) is 55.0 Å². The van der Waals surface area contributed by atoms with Gasteiger partial charge in [0.25, 0.3) is 0 Å². The van der Waals surface area contributed by atoms with E-state index in [1.165, 1.54) is 11.6 Å². The number of halogens is 1. The van der Waals surface area contributed by atoms with E-state index >= 15 is 0 Å². The van der Waals surface area contributed by atoms with Gasteiger partial charge in [0.05, 0.1) is 6.61 Å². The molecular formula is C17H19FO. The van der Waals surface area contributed by atoms with E-state index in [2.05, 4.69) is 0 Å². The van der Waals surface area contributed by atoms with Gasteiger partial charge in [0, 0.05) is 5.41 Å². The van der Waals surface area contributed by atoms with E-state index in [0.29, 0.717) is 12.0 Å². The number of aliphatic hydroxyl groups is 1. The van der Waals surface area contributed by atoms with Crippen molar-refractivity contribution in [2.45, 2.75) is 25.7 Å². The van der Waals surface area contributed by atoms with Gasteiger partial charge < -0.3 is 5.11 Å². The molecule has 1 N–H and O–H groups in total. The smallest absolute Gasteiger partial charge is 0.126 e. The summed E-state index contributed by atoms with van der Waals surface area (Å²) in [6.07, 6.45) is 0.485. The SMILES string of the molecule is Cc1ccc(C(C)(CO)Cc2ccccc2F)cc1. The van der Waals surface area contributed by atoms with Crippen molar-refractivity contribution < 1.29 is 9.50 Å². The van der Waals surface area contributed by atoms with Gasteiger partial charge in [-0.15, -0.1) is 0 Å². The van der Waals surface area contributed by atoms with Crippen LogP contribution in [-0.4, -0.2) is 11.7 Å². The zero-order chi connectivity index (χ0) is 13.9. The van der Waals surface area contributed by atoms with Crippen molar-refractivity contribution in [3.63, 3.8) is 0 Å². The van der Waals surface area contributed by atoms with E-state index in [-0.39, 0.29) is 12.4 Å². The molecule has 19 heavy (non-hydrogen) atoms. The summed E-state index contributed by atoms with van der Waals surface area (Å²) >= 11 is 0. The molecule has 2 aromatic rings. The summed E-state index contributed by atoms with van der Waals surface area (Å²) < 4.78 is 13.8. The van der Waals surface area contributed by atoms with Crippen LogP contribution in [0.2, 0.25) is 0 Å². The van der Waals surface area contributed by atoms with Gasteiger partial charge in [-0.25, -0.2) is 4.39 Å². The summed E-state index contributed by atoms with van der Waals surface area (Å²) in [5.41, 5.74) is 2.38. The number of hydrogen-bond donors (Lipinski definition) is 1. The van der Waals surface area contributed by atoms with E-state index in [1.54, 1.807) is 12.1 Å². The predicted molar refractivity (Wildman–Crippen MR) is 75.7 cm³/mol. The molecule has 0 heterocycles. The van der Waals surface area contributed by atoms with Crippen LogP contribution in [0.4, 0.5) is 4.39 Å². The maximum Gasteiger partial charge on any atom is 0.126 e. The summed E-state index contributed by atoms with van der Waals surface area (Å²) in [5, 5.41) is 9.74. The first-order chi connectivity index (χ1) is 9.05. The molecule has 0 spiro atoms. The number of hydrogen-bond acceptors (Lipinski definition) is 1. The predicted octanol–water partition coefficient (Wildman–Crippen LogP) is 3.63. The first kappa shape index (κ1) is 13.8. The van der Waals surface area contributed by atoms with Crippen LogP contribution in [-0.2, 0) is 11.8 Å². The standard InChI is InChI=1S/C17H19FO/c1-13-7-9-15(10-8-13)17(2,12-19)11-14-5-3-4-6-16(14)18/h3-10,19H,11-12H2,1-2H3. The van der Waals surface area contributed by atoms with Gasteiger partial charge in [-0.05, 0) is 30.5 Å². The lowest BCUT2D eigenvalue weighted by molar-refractivity contribution is 0.203. The Balaban J connectivity index is 2.33. The normalized spacial score (nSPS) is 14.1. The molecule has 1 unspecified atom stereocenters. The van der Waals surface area contributed by atoms with E-state index in [4.69, 9.17) is 0 Å². The lowest BCUT2D eigenvalue weighted by Crippen LogP contribution is -2.29. The van der Waals surface area contributed by atoms with Crippen molar-refractivity contribution >= 4 is 0 Å². The molecule has 0 aliphatic carbocycles. The molecule has 0 radical (unpaired) electrons. The van der Waals surface area contributed by atoms with Crippen LogP contribution < -0.4 is 0 Å². The van der Waals surface area contributed by atoms with Gasteiger partial charge >= 0.3 is 0 Å². The van der Waals surface area contributed by atoms with Gasteiger partial charge in [-0.3, -0.25) is 0 Å². The third kappa shape index (κ3) is 3.02. The summed E-state index contributed by atoms with van der Waals surface area (Å²) in [6.45, 7) is 3.98. The lowest BCUT2D eigenvalue weighted by atomic mass is 9.78. The zero-order valence-corrected chi connectivity index (χ0v) is 11.4. The highest BCUT2D eigenvalue weighted by atomic mass is 19.1. The molecule has 0 fully saturated rings. The average molecular weight is 258 g/mol. The van der Waals surface area contributed by atoms with Crippen LogP contribution in [0.15, 0.2) is 48.5 Å². The number of rotatable bonds is 4. The Morgan fingerprint density at radius 2 is 1.68 bits per heavy atom. The molecule has 100 valence electrons. The highest BCUT2D eigenvalue weighted by Gasteiger charge is 2.27. The second kappa shape index (κ2) is 5.54. The van der Waals surface area contributed by atoms with E-state index in [0.717, 1.165) is 5.56 Å². The molecule has 1 atom stereocenters. The molecule has 2 rings (SSSR count). The molecule has 0 saturated heterocycles. The maximum atomic E-state index is 13.8. The van der Waals surface area contributed by atoms with Crippen molar-refractivity contribution in [3.8, 4) is 0 Å². The molecule has 0 saturated carbocycles. The monoisotopic (exact) mass is 258 g/mol. The topological polar surface area (TPSA) is 20.2 Å².